The standard InChI is InChI=1S/C18H22F2N2O4/c19-13-3-4-14(15(20)10-13)17(24)21-6-5-16(23)22-7-1-2-12(11-22)18-25-8-9-26-18/h3-4,10,12,18H,1-2,5-9,11H2,(H,21,24). The number of ether oxygens (including phenoxy) is 2. The Kier molecular flexibility index (Phi) is 6.16. The summed E-state index contributed by atoms with van der Waals surface area (Å²) in [7, 11) is 0. The van der Waals surface area contributed by atoms with Crippen molar-refractivity contribution in [1.29, 1.82) is 0 Å². The van der Waals surface area contributed by atoms with Crippen molar-refractivity contribution in [2.75, 3.05) is 32.8 Å². The van der Waals surface area contributed by atoms with E-state index in [-0.39, 0.29) is 36.6 Å². The van der Waals surface area contributed by atoms with Crippen LogP contribution in [0.2, 0.25) is 0 Å². The molecule has 2 fully saturated rings. The maximum Gasteiger partial charge on any atom is 0.254 e. The average Bonchev–Trinajstić information content (AvgIpc) is 3.16. The fraction of sp³-hybridized carbons (Fsp3) is 0.556. The molecule has 8 heteroatoms. The van der Waals surface area contributed by atoms with E-state index in [1.807, 2.05) is 0 Å². The summed E-state index contributed by atoms with van der Waals surface area (Å²) in [4.78, 5) is 26.0. The van der Waals surface area contributed by atoms with E-state index in [9.17, 15) is 18.4 Å². The van der Waals surface area contributed by atoms with Crippen LogP contribution in [0, 0.1) is 17.6 Å². The van der Waals surface area contributed by atoms with E-state index in [1.54, 1.807) is 4.90 Å². The molecule has 1 aromatic carbocycles. The molecule has 0 aliphatic carbocycles. The molecule has 1 unspecified atom stereocenters. The highest BCUT2D eigenvalue weighted by Gasteiger charge is 2.32. The molecule has 2 heterocycles. The fourth-order valence-corrected chi connectivity index (χ4v) is 3.32. The summed E-state index contributed by atoms with van der Waals surface area (Å²) in [6.07, 6.45) is 1.71. The molecule has 3 rings (SSSR count). The Bertz CT molecular complexity index is 665. The lowest BCUT2D eigenvalue weighted by Crippen LogP contribution is -2.44. The number of carbonyl (C=O) groups is 2. The molecule has 0 saturated carbocycles. The summed E-state index contributed by atoms with van der Waals surface area (Å²) in [5.74, 6) is -2.25. The van der Waals surface area contributed by atoms with E-state index in [1.165, 1.54) is 0 Å². The van der Waals surface area contributed by atoms with Gasteiger partial charge in [0.25, 0.3) is 5.91 Å². The number of hydrogen-bond donors (Lipinski definition) is 1. The Hall–Kier alpha value is -2.06. The second kappa shape index (κ2) is 8.55. The van der Waals surface area contributed by atoms with Crippen LogP contribution in [0.5, 0.6) is 0 Å². The molecule has 0 spiro atoms. The summed E-state index contributed by atoms with van der Waals surface area (Å²) in [6.45, 7) is 2.50. The van der Waals surface area contributed by atoms with E-state index >= 15 is 0 Å². The lowest BCUT2D eigenvalue weighted by atomic mass is 9.97. The van der Waals surface area contributed by atoms with Crippen LogP contribution in [0.15, 0.2) is 18.2 Å². The van der Waals surface area contributed by atoms with Crippen LogP contribution in [0.25, 0.3) is 0 Å². The van der Waals surface area contributed by atoms with Gasteiger partial charge in [-0.25, -0.2) is 8.78 Å². The SMILES string of the molecule is O=C(NCCC(=O)N1CCCC(C2OCCO2)C1)c1ccc(F)cc1F. The Morgan fingerprint density at radius 2 is 2.00 bits per heavy atom. The molecule has 2 saturated heterocycles. The maximum atomic E-state index is 13.6. The second-order valence-electron chi connectivity index (χ2n) is 6.48. The molecular formula is C18H22F2N2O4. The lowest BCUT2D eigenvalue weighted by Gasteiger charge is -2.34. The number of nitrogens with zero attached hydrogens (tertiary/aromatic N) is 1. The molecular weight excluding hydrogens is 346 g/mol. The minimum Gasteiger partial charge on any atom is -0.351 e. The first kappa shape index (κ1) is 18.7. The van der Waals surface area contributed by atoms with Crippen molar-refractivity contribution in [3.05, 3.63) is 35.4 Å². The summed E-state index contributed by atoms with van der Waals surface area (Å²) in [6, 6.07) is 2.75. The molecule has 6 nitrogen and oxygen atoms in total. The van der Waals surface area contributed by atoms with Crippen LogP contribution < -0.4 is 5.32 Å². The number of nitrogens with one attached hydrogen (secondary N) is 1. The van der Waals surface area contributed by atoms with Crippen LogP contribution in [0.3, 0.4) is 0 Å². The van der Waals surface area contributed by atoms with Gasteiger partial charge in [-0.05, 0) is 25.0 Å². The van der Waals surface area contributed by atoms with Crippen molar-refractivity contribution in [3.63, 3.8) is 0 Å². The molecule has 142 valence electrons. The highest BCUT2D eigenvalue weighted by atomic mass is 19.1. The monoisotopic (exact) mass is 368 g/mol. The van der Waals surface area contributed by atoms with Crippen LogP contribution in [-0.4, -0.2) is 55.9 Å². The van der Waals surface area contributed by atoms with Crippen LogP contribution >= 0.6 is 0 Å². The smallest absolute Gasteiger partial charge is 0.254 e. The van der Waals surface area contributed by atoms with Crippen molar-refractivity contribution in [2.24, 2.45) is 5.92 Å². The zero-order valence-electron chi connectivity index (χ0n) is 14.4. The normalized spacial score (nSPS) is 21.0. The van der Waals surface area contributed by atoms with Crippen LogP contribution in [0.1, 0.15) is 29.6 Å². The summed E-state index contributed by atoms with van der Waals surface area (Å²) < 4.78 is 37.5. The highest BCUT2D eigenvalue weighted by Crippen LogP contribution is 2.25. The Morgan fingerprint density at radius 3 is 2.73 bits per heavy atom. The van der Waals surface area contributed by atoms with Gasteiger partial charge in [-0.15, -0.1) is 0 Å². The van der Waals surface area contributed by atoms with Crippen molar-refractivity contribution < 1.29 is 27.8 Å². The molecule has 1 N–H and O–H groups in total. The number of halogens is 2. The van der Waals surface area contributed by atoms with Crippen LogP contribution in [0.4, 0.5) is 8.78 Å². The highest BCUT2D eigenvalue weighted by molar-refractivity contribution is 5.94. The largest absolute Gasteiger partial charge is 0.351 e. The first-order chi connectivity index (χ1) is 12.5. The van der Waals surface area contributed by atoms with E-state index in [0.29, 0.717) is 32.4 Å². The number of amides is 2. The van der Waals surface area contributed by atoms with Gasteiger partial charge in [0.1, 0.15) is 11.6 Å². The van der Waals surface area contributed by atoms with E-state index in [2.05, 4.69) is 5.32 Å². The van der Waals surface area contributed by atoms with E-state index in [4.69, 9.17) is 9.47 Å². The molecule has 1 atom stereocenters. The number of hydrogen-bond acceptors (Lipinski definition) is 4. The number of carbonyl (C=O) groups excluding carboxylic acids is 2. The third kappa shape index (κ3) is 4.56. The molecule has 0 radical (unpaired) electrons. The van der Waals surface area contributed by atoms with Gasteiger partial charge >= 0.3 is 0 Å². The first-order valence-electron chi connectivity index (χ1n) is 8.79. The van der Waals surface area contributed by atoms with Gasteiger partial charge in [0, 0.05) is 38.0 Å². The van der Waals surface area contributed by atoms with Crippen molar-refractivity contribution in [3.8, 4) is 0 Å². The van der Waals surface area contributed by atoms with Crippen LogP contribution in [-0.2, 0) is 14.3 Å². The predicted octanol–water partition coefficient (Wildman–Crippen LogP) is 1.70. The summed E-state index contributed by atoms with van der Waals surface area (Å²) in [5, 5.41) is 2.50. The molecule has 2 aliphatic rings. The van der Waals surface area contributed by atoms with E-state index in [0.717, 1.165) is 25.0 Å². The third-order valence-corrected chi connectivity index (χ3v) is 4.64. The quantitative estimate of drug-likeness (QED) is 0.859. The molecule has 26 heavy (non-hydrogen) atoms. The van der Waals surface area contributed by atoms with Gasteiger partial charge in [0.05, 0.1) is 18.8 Å². The van der Waals surface area contributed by atoms with Crippen molar-refractivity contribution in [2.45, 2.75) is 25.6 Å². The molecule has 0 bridgehead atoms. The third-order valence-electron chi connectivity index (χ3n) is 4.64. The predicted molar refractivity (Wildman–Crippen MR) is 88.3 cm³/mol. The molecule has 1 aromatic rings. The Morgan fingerprint density at radius 1 is 1.23 bits per heavy atom. The Labute approximate surface area is 150 Å². The minimum atomic E-state index is -0.927. The van der Waals surface area contributed by atoms with Crippen molar-refractivity contribution >= 4 is 11.8 Å². The van der Waals surface area contributed by atoms with Gasteiger partial charge in [0.15, 0.2) is 6.29 Å². The number of piperidine rings is 1. The van der Waals surface area contributed by atoms with Crippen molar-refractivity contribution in [1.82, 2.24) is 10.2 Å². The fourth-order valence-electron chi connectivity index (χ4n) is 3.32. The van der Waals surface area contributed by atoms with Gasteiger partial charge in [-0.2, -0.15) is 0 Å². The van der Waals surface area contributed by atoms with Gasteiger partial charge < -0.3 is 19.7 Å². The van der Waals surface area contributed by atoms with Gasteiger partial charge in [-0.1, -0.05) is 0 Å². The zero-order valence-corrected chi connectivity index (χ0v) is 14.4. The zero-order chi connectivity index (χ0) is 18.5. The topological polar surface area (TPSA) is 67.9 Å². The molecule has 2 amide bonds. The average molecular weight is 368 g/mol. The number of likely N-dealkylation sites (tertiary alicyclic amines) is 1. The summed E-state index contributed by atoms with van der Waals surface area (Å²) >= 11 is 0. The molecule has 0 aromatic heterocycles. The summed E-state index contributed by atoms with van der Waals surface area (Å²) in [5.41, 5.74) is -0.243. The lowest BCUT2D eigenvalue weighted by molar-refractivity contribution is -0.139. The minimum absolute atomic E-state index is 0.0763. The second-order valence-corrected chi connectivity index (χ2v) is 6.48. The maximum absolute atomic E-state index is 13.6. The Balaban J connectivity index is 1.45. The van der Waals surface area contributed by atoms with E-state index < -0.39 is 17.5 Å². The molecule has 2 aliphatic heterocycles. The van der Waals surface area contributed by atoms with Gasteiger partial charge in [-0.3, -0.25) is 9.59 Å². The number of benzene rings is 1. The number of rotatable bonds is 5. The van der Waals surface area contributed by atoms with Gasteiger partial charge in [0.2, 0.25) is 5.91 Å². The first-order valence-corrected chi connectivity index (χ1v) is 8.79.